The summed E-state index contributed by atoms with van der Waals surface area (Å²) >= 11 is 3.32. The van der Waals surface area contributed by atoms with Gasteiger partial charge in [-0.25, -0.2) is 4.79 Å². The normalized spacial score (nSPS) is 9.31. The van der Waals surface area contributed by atoms with Crippen molar-refractivity contribution in [1.29, 1.82) is 0 Å². The maximum Gasteiger partial charge on any atom is 0.330 e. The highest BCUT2D eigenvalue weighted by atomic mass is 79.9. The summed E-state index contributed by atoms with van der Waals surface area (Å²) in [5.41, 5.74) is 0.957. The minimum atomic E-state index is -0.400. The Morgan fingerprint density at radius 3 is 2.62 bits per heavy atom. The van der Waals surface area contributed by atoms with Crippen LogP contribution in [0.2, 0.25) is 0 Å². The van der Waals surface area contributed by atoms with Gasteiger partial charge in [-0.1, -0.05) is 34.6 Å². The van der Waals surface area contributed by atoms with Crippen LogP contribution >= 0.6 is 15.9 Å². The van der Waals surface area contributed by atoms with Gasteiger partial charge in [0.15, 0.2) is 0 Å². The summed E-state index contributed by atoms with van der Waals surface area (Å²) in [4.78, 5) is 10.7. The van der Waals surface area contributed by atoms with E-state index in [0.29, 0.717) is 0 Å². The van der Waals surface area contributed by atoms with Crippen LogP contribution in [-0.2, 0) is 16.1 Å². The highest BCUT2D eigenvalue weighted by molar-refractivity contribution is 9.10. The second kappa shape index (κ2) is 4.82. The van der Waals surface area contributed by atoms with Crippen LogP contribution in [0.15, 0.2) is 41.4 Å². The van der Waals surface area contributed by atoms with Gasteiger partial charge >= 0.3 is 5.97 Å². The fourth-order valence-corrected chi connectivity index (χ4v) is 1.06. The van der Waals surface area contributed by atoms with Crippen molar-refractivity contribution in [2.45, 2.75) is 6.61 Å². The van der Waals surface area contributed by atoms with Crippen LogP contribution < -0.4 is 0 Å². The molecule has 0 aliphatic carbocycles. The first-order valence-electron chi connectivity index (χ1n) is 3.76. The summed E-state index contributed by atoms with van der Waals surface area (Å²) in [7, 11) is 0. The summed E-state index contributed by atoms with van der Waals surface area (Å²) in [6, 6.07) is 7.58. The Kier molecular flexibility index (Phi) is 3.71. The molecule has 0 unspecified atom stereocenters. The number of hydrogen-bond acceptors (Lipinski definition) is 2. The van der Waals surface area contributed by atoms with Crippen LogP contribution in [0, 0.1) is 0 Å². The number of esters is 1. The molecule has 68 valence electrons. The van der Waals surface area contributed by atoms with Gasteiger partial charge in [-0.05, 0) is 17.7 Å². The summed E-state index contributed by atoms with van der Waals surface area (Å²) in [6.07, 6.45) is 1.15. The zero-order chi connectivity index (χ0) is 9.68. The van der Waals surface area contributed by atoms with Gasteiger partial charge < -0.3 is 4.74 Å². The van der Waals surface area contributed by atoms with Gasteiger partial charge in [-0.15, -0.1) is 0 Å². The molecule has 0 aromatic heterocycles. The number of carbonyl (C=O) groups is 1. The molecule has 0 spiro atoms. The minimum Gasteiger partial charge on any atom is -0.458 e. The number of hydrogen-bond donors (Lipinski definition) is 0. The lowest BCUT2D eigenvalue weighted by Gasteiger charge is -2.01. The van der Waals surface area contributed by atoms with E-state index >= 15 is 0 Å². The summed E-state index contributed by atoms with van der Waals surface area (Å²) in [5.74, 6) is -0.400. The maximum atomic E-state index is 10.7. The quantitative estimate of drug-likeness (QED) is 0.600. The van der Waals surface area contributed by atoms with Crippen LogP contribution in [0.4, 0.5) is 0 Å². The van der Waals surface area contributed by atoms with E-state index in [1.807, 2.05) is 24.3 Å². The first-order valence-corrected chi connectivity index (χ1v) is 4.55. The number of halogens is 1. The average molecular weight is 241 g/mol. The smallest absolute Gasteiger partial charge is 0.330 e. The molecule has 1 aromatic carbocycles. The summed E-state index contributed by atoms with van der Waals surface area (Å²) in [6.45, 7) is 3.59. The van der Waals surface area contributed by atoms with Gasteiger partial charge in [0.05, 0.1) is 0 Å². The van der Waals surface area contributed by atoms with E-state index in [4.69, 9.17) is 4.74 Å². The van der Waals surface area contributed by atoms with Crippen molar-refractivity contribution in [2.75, 3.05) is 0 Å². The molecule has 0 N–H and O–H groups in total. The zero-order valence-corrected chi connectivity index (χ0v) is 8.58. The average Bonchev–Trinajstić information content (AvgIpc) is 2.16. The second-order valence-electron chi connectivity index (χ2n) is 2.44. The van der Waals surface area contributed by atoms with Crippen molar-refractivity contribution >= 4 is 21.9 Å². The molecule has 0 atom stereocenters. The third-order valence-corrected chi connectivity index (χ3v) is 1.99. The van der Waals surface area contributed by atoms with Crippen molar-refractivity contribution in [3.8, 4) is 0 Å². The predicted octanol–water partition coefficient (Wildman–Crippen LogP) is 2.68. The Hall–Kier alpha value is -1.09. The Morgan fingerprint density at radius 2 is 2.08 bits per heavy atom. The lowest BCUT2D eigenvalue weighted by molar-refractivity contribution is -0.138. The number of benzene rings is 1. The van der Waals surface area contributed by atoms with Gasteiger partial charge in [0.25, 0.3) is 0 Å². The Bertz CT molecular complexity index is 303. The lowest BCUT2D eigenvalue weighted by atomic mass is 10.2. The number of rotatable bonds is 3. The molecule has 0 saturated carbocycles. The largest absolute Gasteiger partial charge is 0.458 e. The van der Waals surface area contributed by atoms with Gasteiger partial charge in [-0.3, -0.25) is 0 Å². The molecule has 2 nitrogen and oxygen atoms in total. The van der Waals surface area contributed by atoms with Crippen LogP contribution in [0.25, 0.3) is 0 Å². The van der Waals surface area contributed by atoms with Gasteiger partial charge in [0, 0.05) is 10.5 Å². The van der Waals surface area contributed by atoms with E-state index < -0.39 is 5.97 Å². The number of carbonyl (C=O) groups excluding carboxylic acids is 1. The topological polar surface area (TPSA) is 26.3 Å². The van der Waals surface area contributed by atoms with Crippen molar-refractivity contribution in [3.05, 3.63) is 47.0 Å². The van der Waals surface area contributed by atoms with Gasteiger partial charge in [0.1, 0.15) is 6.61 Å². The minimum absolute atomic E-state index is 0.290. The lowest BCUT2D eigenvalue weighted by Crippen LogP contribution is -1.99. The molecule has 0 aliphatic heterocycles. The van der Waals surface area contributed by atoms with Crippen LogP contribution in [0.5, 0.6) is 0 Å². The molecule has 1 rings (SSSR count). The number of ether oxygens (including phenoxy) is 1. The highest BCUT2D eigenvalue weighted by Crippen LogP contribution is 2.11. The first-order chi connectivity index (χ1) is 6.22. The molecular formula is C10H9BrO2. The second-order valence-corrected chi connectivity index (χ2v) is 3.35. The molecule has 0 radical (unpaired) electrons. The Labute approximate surface area is 85.3 Å². The van der Waals surface area contributed by atoms with E-state index in [9.17, 15) is 4.79 Å². The molecule has 3 heteroatoms. The van der Waals surface area contributed by atoms with E-state index in [2.05, 4.69) is 22.5 Å². The molecule has 0 amide bonds. The third kappa shape index (κ3) is 3.42. The molecule has 0 fully saturated rings. The summed E-state index contributed by atoms with van der Waals surface area (Å²) in [5, 5.41) is 0. The monoisotopic (exact) mass is 240 g/mol. The van der Waals surface area contributed by atoms with Crippen molar-refractivity contribution in [1.82, 2.24) is 0 Å². The van der Waals surface area contributed by atoms with Crippen molar-refractivity contribution in [3.63, 3.8) is 0 Å². The molecular weight excluding hydrogens is 232 g/mol. The molecule has 0 saturated heterocycles. The summed E-state index contributed by atoms with van der Waals surface area (Å²) < 4.78 is 5.85. The van der Waals surface area contributed by atoms with Gasteiger partial charge in [0.2, 0.25) is 0 Å². The fraction of sp³-hybridized carbons (Fsp3) is 0.100. The van der Waals surface area contributed by atoms with E-state index in [-0.39, 0.29) is 6.61 Å². The van der Waals surface area contributed by atoms with Crippen LogP contribution in [-0.4, -0.2) is 5.97 Å². The molecule has 13 heavy (non-hydrogen) atoms. The standard InChI is InChI=1S/C10H9BrO2/c1-2-10(12)13-7-8-3-5-9(11)6-4-8/h2-6H,1,7H2. The third-order valence-electron chi connectivity index (χ3n) is 1.46. The van der Waals surface area contributed by atoms with Crippen molar-refractivity contribution < 1.29 is 9.53 Å². The molecule has 1 aromatic rings. The highest BCUT2D eigenvalue weighted by Gasteiger charge is 1.96. The van der Waals surface area contributed by atoms with Crippen LogP contribution in [0.1, 0.15) is 5.56 Å². The van der Waals surface area contributed by atoms with Crippen LogP contribution in [0.3, 0.4) is 0 Å². The maximum absolute atomic E-state index is 10.7. The van der Waals surface area contributed by atoms with E-state index in [0.717, 1.165) is 16.1 Å². The molecule has 0 heterocycles. The molecule has 0 aliphatic rings. The molecule has 0 bridgehead atoms. The van der Waals surface area contributed by atoms with E-state index in [1.165, 1.54) is 0 Å². The predicted molar refractivity (Wildman–Crippen MR) is 54.1 cm³/mol. The Morgan fingerprint density at radius 1 is 1.46 bits per heavy atom. The SMILES string of the molecule is C=CC(=O)OCc1ccc(Br)cc1. The fourth-order valence-electron chi connectivity index (χ4n) is 0.794. The van der Waals surface area contributed by atoms with Gasteiger partial charge in [-0.2, -0.15) is 0 Å². The van der Waals surface area contributed by atoms with Crippen molar-refractivity contribution in [2.24, 2.45) is 0 Å². The Balaban J connectivity index is 2.50. The zero-order valence-electron chi connectivity index (χ0n) is 7.00. The first kappa shape index (κ1) is 9.99. The van der Waals surface area contributed by atoms with E-state index in [1.54, 1.807) is 0 Å².